The fraction of sp³-hybridized carbons (Fsp3) is 0. The van der Waals surface area contributed by atoms with Crippen molar-refractivity contribution in [1.82, 2.24) is 15.7 Å². The van der Waals surface area contributed by atoms with Crippen LogP contribution in [0.1, 0.15) is 10.4 Å². The summed E-state index contributed by atoms with van der Waals surface area (Å²) >= 11 is 0. The smallest absolute Gasteiger partial charge is 0.275 e. The van der Waals surface area contributed by atoms with E-state index in [-0.39, 0.29) is 16.8 Å². The first-order valence-electron chi connectivity index (χ1n) is 3.89. The molecule has 0 atom stereocenters. The van der Waals surface area contributed by atoms with Crippen molar-refractivity contribution < 1.29 is 9.90 Å². The minimum absolute atomic E-state index is 0.129. The van der Waals surface area contributed by atoms with E-state index in [9.17, 15) is 9.90 Å². The van der Waals surface area contributed by atoms with Crippen LogP contribution >= 0.6 is 0 Å². The van der Waals surface area contributed by atoms with Gasteiger partial charge in [0.1, 0.15) is 11.1 Å². The van der Waals surface area contributed by atoms with Crippen molar-refractivity contribution in [3.05, 3.63) is 30.1 Å². The Bertz CT molecular complexity index is 510. The Morgan fingerprint density at radius 1 is 1.43 bits per heavy atom. The molecule has 5 heteroatoms. The zero-order chi connectivity index (χ0) is 10.1. The molecule has 69 valence electrons. The lowest BCUT2D eigenvalue weighted by Crippen LogP contribution is -2.01. The second-order valence-electron chi connectivity index (χ2n) is 2.72. The SMILES string of the molecule is [NH]C(=O)c1cnc2cccnc2c1O. The van der Waals surface area contributed by atoms with Gasteiger partial charge in [0.2, 0.25) is 0 Å². The van der Waals surface area contributed by atoms with Crippen molar-refractivity contribution in [3.63, 3.8) is 0 Å². The van der Waals surface area contributed by atoms with Gasteiger partial charge in [-0.2, -0.15) is 0 Å². The van der Waals surface area contributed by atoms with Gasteiger partial charge < -0.3 is 5.11 Å². The van der Waals surface area contributed by atoms with Gasteiger partial charge in [0, 0.05) is 12.4 Å². The van der Waals surface area contributed by atoms with Crippen LogP contribution in [-0.4, -0.2) is 21.0 Å². The van der Waals surface area contributed by atoms with Crippen LogP contribution < -0.4 is 5.73 Å². The van der Waals surface area contributed by atoms with Gasteiger partial charge in [0.25, 0.3) is 5.91 Å². The van der Waals surface area contributed by atoms with Crippen molar-refractivity contribution in [2.24, 2.45) is 0 Å². The van der Waals surface area contributed by atoms with Crippen LogP contribution in [0.15, 0.2) is 24.5 Å². The quantitative estimate of drug-likeness (QED) is 0.715. The molecule has 0 aliphatic rings. The standard InChI is InChI=1S/C9H6N3O2/c10-9(14)5-4-12-6-2-1-3-11-7(6)8(5)13/h1-4,10H,(H,12,13). The molecular formula is C9H6N3O2. The third-order valence-corrected chi connectivity index (χ3v) is 1.84. The second kappa shape index (κ2) is 2.95. The van der Waals surface area contributed by atoms with E-state index in [1.807, 2.05) is 0 Å². The molecule has 0 aliphatic heterocycles. The van der Waals surface area contributed by atoms with E-state index in [0.717, 1.165) is 0 Å². The first-order valence-corrected chi connectivity index (χ1v) is 3.89. The average Bonchev–Trinajstić information content (AvgIpc) is 2.18. The molecule has 0 fully saturated rings. The molecule has 0 saturated heterocycles. The fourth-order valence-corrected chi connectivity index (χ4v) is 1.17. The number of nitrogens with zero attached hydrogens (tertiary/aromatic N) is 2. The van der Waals surface area contributed by atoms with Crippen LogP contribution in [0.25, 0.3) is 11.0 Å². The van der Waals surface area contributed by atoms with Gasteiger partial charge >= 0.3 is 0 Å². The summed E-state index contributed by atoms with van der Waals surface area (Å²) in [6, 6.07) is 3.34. The van der Waals surface area contributed by atoms with Gasteiger partial charge in [-0.3, -0.25) is 20.5 Å². The van der Waals surface area contributed by atoms with E-state index in [0.29, 0.717) is 5.52 Å². The molecule has 0 saturated carbocycles. The summed E-state index contributed by atoms with van der Waals surface area (Å²) in [6.07, 6.45) is 2.66. The molecular weight excluding hydrogens is 182 g/mol. The maximum Gasteiger partial charge on any atom is 0.275 e. The second-order valence-corrected chi connectivity index (χ2v) is 2.72. The summed E-state index contributed by atoms with van der Waals surface area (Å²) in [5.74, 6) is -1.25. The summed E-state index contributed by atoms with van der Waals surface area (Å²) in [7, 11) is 0. The van der Waals surface area contributed by atoms with Crippen molar-refractivity contribution in [3.8, 4) is 5.75 Å². The molecule has 14 heavy (non-hydrogen) atoms. The summed E-state index contributed by atoms with van der Waals surface area (Å²) in [5.41, 5.74) is 7.48. The lowest BCUT2D eigenvalue weighted by molar-refractivity contribution is 0.0989. The molecule has 5 nitrogen and oxygen atoms in total. The molecule has 0 spiro atoms. The number of fused-ring (bicyclic) bond motifs is 1. The monoisotopic (exact) mass is 188 g/mol. The predicted octanol–water partition coefficient (Wildman–Crippen LogP) is 0.758. The van der Waals surface area contributed by atoms with Crippen molar-refractivity contribution in [2.45, 2.75) is 0 Å². The lowest BCUT2D eigenvalue weighted by Gasteiger charge is -2.01. The lowest BCUT2D eigenvalue weighted by atomic mass is 10.2. The third-order valence-electron chi connectivity index (χ3n) is 1.84. The Balaban J connectivity index is 2.81. The zero-order valence-electron chi connectivity index (χ0n) is 7.06. The van der Waals surface area contributed by atoms with Gasteiger partial charge in [-0.05, 0) is 12.1 Å². The number of rotatable bonds is 1. The van der Waals surface area contributed by atoms with E-state index in [2.05, 4.69) is 9.97 Å². The maximum absolute atomic E-state index is 10.7. The van der Waals surface area contributed by atoms with Crippen LogP contribution in [0.3, 0.4) is 0 Å². The molecule has 2 heterocycles. The van der Waals surface area contributed by atoms with E-state index in [1.54, 1.807) is 12.1 Å². The number of aromatic hydroxyl groups is 1. The Kier molecular flexibility index (Phi) is 1.78. The highest BCUT2D eigenvalue weighted by Gasteiger charge is 2.12. The van der Waals surface area contributed by atoms with Gasteiger partial charge in [0.15, 0.2) is 5.75 Å². The number of hydrogen-bond donors (Lipinski definition) is 1. The Labute approximate surface area is 79.2 Å². The molecule has 2 aromatic heterocycles. The normalized spacial score (nSPS) is 10.3. The number of hydrogen-bond acceptors (Lipinski definition) is 4. The van der Waals surface area contributed by atoms with E-state index < -0.39 is 5.91 Å². The number of amides is 1. The minimum Gasteiger partial charge on any atom is -0.505 e. The van der Waals surface area contributed by atoms with Crippen molar-refractivity contribution in [1.29, 1.82) is 0 Å². The first-order chi connectivity index (χ1) is 6.70. The van der Waals surface area contributed by atoms with Crippen LogP contribution in [0.5, 0.6) is 5.75 Å². The predicted molar refractivity (Wildman–Crippen MR) is 48.6 cm³/mol. The van der Waals surface area contributed by atoms with Gasteiger partial charge in [-0.1, -0.05) is 0 Å². The molecule has 0 bridgehead atoms. The molecule has 0 unspecified atom stereocenters. The zero-order valence-corrected chi connectivity index (χ0v) is 7.06. The van der Waals surface area contributed by atoms with E-state index in [1.165, 1.54) is 12.4 Å². The Morgan fingerprint density at radius 3 is 2.93 bits per heavy atom. The van der Waals surface area contributed by atoms with Crippen molar-refractivity contribution >= 4 is 16.9 Å². The highest BCUT2D eigenvalue weighted by molar-refractivity contribution is 5.99. The highest BCUT2D eigenvalue weighted by Crippen LogP contribution is 2.24. The summed E-state index contributed by atoms with van der Waals surface area (Å²) < 4.78 is 0. The first kappa shape index (κ1) is 8.43. The molecule has 2 N–H and O–H groups in total. The molecule has 0 aromatic carbocycles. The topological polar surface area (TPSA) is 86.9 Å². The Morgan fingerprint density at radius 2 is 2.21 bits per heavy atom. The number of pyridine rings is 2. The third kappa shape index (κ3) is 1.15. The number of nitrogens with one attached hydrogen (secondary N) is 1. The molecule has 1 radical (unpaired) electrons. The summed E-state index contributed by atoms with van der Waals surface area (Å²) in [6.45, 7) is 0. The van der Waals surface area contributed by atoms with Crippen LogP contribution in [0, 0.1) is 0 Å². The molecule has 2 rings (SSSR count). The van der Waals surface area contributed by atoms with E-state index in [4.69, 9.17) is 5.73 Å². The summed E-state index contributed by atoms with van der Waals surface area (Å²) in [5, 5.41) is 9.58. The van der Waals surface area contributed by atoms with Gasteiger partial charge in [-0.15, -0.1) is 0 Å². The highest BCUT2D eigenvalue weighted by atomic mass is 16.3. The summed E-state index contributed by atoms with van der Waals surface area (Å²) in [4.78, 5) is 18.5. The van der Waals surface area contributed by atoms with Crippen molar-refractivity contribution in [2.75, 3.05) is 0 Å². The average molecular weight is 188 g/mol. The largest absolute Gasteiger partial charge is 0.505 e. The fourth-order valence-electron chi connectivity index (χ4n) is 1.17. The number of aromatic nitrogens is 2. The van der Waals surface area contributed by atoms with Gasteiger partial charge in [-0.25, -0.2) is 0 Å². The number of carbonyl (C=O) groups excluding carboxylic acids is 1. The van der Waals surface area contributed by atoms with Gasteiger partial charge in [0.05, 0.1) is 5.52 Å². The van der Waals surface area contributed by atoms with Crippen LogP contribution in [-0.2, 0) is 0 Å². The molecule has 0 aliphatic carbocycles. The Hall–Kier alpha value is -2.17. The minimum atomic E-state index is -0.970. The number of carbonyl (C=O) groups is 1. The maximum atomic E-state index is 10.7. The van der Waals surface area contributed by atoms with Crippen LogP contribution in [0.2, 0.25) is 0 Å². The molecule has 2 aromatic rings. The molecule has 1 amide bonds. The van der Waals surface area contributed by atoms with E-state index >= 15 is 0 Å². The van der Waals surface area contributed by atoms with Crippen LogP contribution in [0.4, 0.5) is 0 Å².